The molecule has 0 unspecified atom stereocenters. The lowest BCUT2D eigenvalue weighted by molar-refractivity contribution is 0.0532. The molecule has 0 saturated heterocycles. The van der Waals surface area contributed by atoms with Gasteiger partial charge < -0.3 is 9.47 Å². The van der Waals surface area contributed by atoms with Gasteiger partial charge >= 0.3 is 6.09 Å². The van der Waals surface area contributed by atoms with Crippen molar-refractivity contribution in [3.05, 3.63) is 47.3 Å². The fourth-order valence-electron chi connectivity index (χ4n) is 3.38. The summed E-state index contributed by atoms with van der Waals surface area (Å²) in [5, 5.41) is 8.12. The van der Waals surface area contributed by atoms with Crippen LogP contribution in [0.2, 0.25) is 0 Å². The Morgan fingerprint density at radius 1 is 1.27 bits per heavy atom. The number of aromatic amines is 1. The maximum atomic E-state index is 12.9. The molecule has 6 heteroatoms. The van der Waals surface area contributed by atoms with Gasteiger partial charge in [-0.15, -0.1) is 0 Å². The summed E-state index contributed by atoms with van der Waals surface area (Å²) in [6, 6.07) is 7.76. The fraction of sp³-hybridized carbons (Fsp3) is 0.300. The molecule has 1 aromatic carbocycles. The molecular weight excluding hydrogens is 330 g/mol. The number of nitrogens with zero attached hydrogens (tertiary/aromatic N) is 2. The van der Waals surface area contributed by atoms with Gasteiger partial charge in [0.05, 0.1) is 18.3 Å². The summed E-state index contributed by atoms with van der Waals surface area (Å²) in [4.78, 5) is 12.9. The first kappa shape index (κ1) is 16.4. The fourth-order valence-corrected chi connectivity index (χ4v) is 3.38. The number of carbonyl (C=O) groups excluding carboxylic acids is 1. The first-order valence-corrected chi connectivity index (χ1v) is 8.53. The van der Waals surface area contributed by atoms with Crippen LogP contribution in [0.15, 0.2) is 30.5 Å². The highest BCUT2D eigenvalue weighted by molar-refractivity contribution is 6.05. The normalized spacial score (nSPS) is 13.6. The zero-order valence-electron chi connectivity index (χ0n) is 15.3. The third-order valence-electron chi connectivity index (χ3n) is 4.36. The monoisotopic (exact) mass is 351 g/mol. The van der Waals surface area contributed by atoms with Gasteiger partial charge in [0.25, 0.3) is 0 Å². The predicted octanol–water partition coefficient (Wildman–Crippen LogP) is 4.25. The van der Waals surface area contributed by atoms with E-state index in [9.17, 15) is 4.79 Å². The number of allylic oxidation sites excluding steroid dienone is 1. The smallest absolute Gasteiger partial charge is 0.421 e. The van der Waals surface area contributed by atoms with Gasteiger partial charge in [-0.1, -0.05) is 18.2 Å². The number of ether oxygens (including phenoxy) is 2. The standard InChI is InChI=1S/C20H21N3O3/c1-20(2,3)26-19(24)23-16-8-6-5-7-14(16)17(18(23)25-4)12-9-13-11-21-22-15(13)10-12/h5-9,11H,10H2,1-4H3,(H,21,22). The number of carbonyl (C=O) groups is 1. The first-order chi connectivity index (χ1) is 12.4. The molecule has 6 nitrogen and oxygen atoms in total. The van der Waals surface area contributed by atoms with Crippen molar-refractivity contribution in [3.8, 4) is 5.88 Å². The van der Waals surface area contributed by atoms with Crippen molar-refractivity contribution in [3.63, 3.8) is 0 Å². The third-order valence-corrected chi connectivity index (χ3v) is 4.36. The van der Waals surface area contributed by atoms with E-state index in [0.29, 0.717) is 12.3 Å². The Hall–Kier alpha value is -3.02. The molecule has 0 bridgehead atoms. The summed E-state index contributed by atoms with van der Waals surface area (Å²) in [5.74, 6) is 0.487. The van der Waals surface area contributed by atoms with Crippen LogP contribution >= 0.6 is 0 Å². The quantitative estimate of drug-likeness (QED) is 0.749. The van der Waals surface area contributed by atoms with Crippen molar-refractivity contribution in [1.82, 2.24) is 14.8 Å². The van der Waals surface area contributed by atoms with Crippen LogP contribution in [0.3, 0.4) is 0 Å². The van der Waals surface area contributed by atoms with Crippen molar-refractivity contribution in [2.24, 2.45) is 0 Å². The van der Waals surface area contributed by atoms with Crippen molar-refractivity contribution in [2.75, 3.05) is 7.11 Å². The molecule has 0 saturated carbocycles. The molecule has 134 valence electrons. The minimum absolute atomic E-state index is 0.450. The highest BCUT2D eigenvalue weighted by Gasteiger charge is 2.29. The summed E-state index contributed by atoms with van der Waals surface area (Å²) in [7, 11) is 1.58. The minimum atomic E-state index is -0.595. The predicted molar refractivity (Wildman–Crippen MR) is 100 cm³/mol. The average Bonchev–Trinajstić information content (AvgIpc) is 3.22. The number of rotatable bonds is 2. The number of aromatic nitrogens is 3. The first-order valence-electron chi connectivity index (χ1n) is 8.53. The Morgan fingerprint density at radius 2 is 2.04 bits per heavy atom. The molecule has 2 heterocycles. The summed E-state index contributed by atoms with van der Waals surface area (Å²) >= 11 is 0. The van der Waals surface area contributed by atoms with E-state index in [4.69, 9.17) is 9.47 Å². The van der Waals surface area contributed by atoms with Gasteiger partial charge in [-0.3, -0.25) is 5.10 Å². The number of hydrogen-bond acceptors (Lipinski definition) is 4. The van der Waals surface area contributed by atoms with E-state index < -0.39 is 11.7 Å². The van der Waals surface area contributed by atoms with Crippen LogP contribution in [0.25, 0.3) is 22.6 Å². The molecule has 0 amide bonds. The van der Waals surface area contributed by atoms with Crippen LogP contribution in [-0.4, -0.2) is 33.6 Å². The summed E-state index contributed by atoms with van der Waals surface area (Å²) < 4.78 is 12.8. The second kappa shape index (κ2) is 5.76. The van der Waals surface area contributed by atoms with Crippen LogP contribution in [0.1, 0.15) is 37.6 Å². The average molecular weight is 351 g/mol. The van der Waals surface area contributed by atoms with E-state index in [1.54, 1.807) is 7.11 Å². The highest BCUT2D eigenvalue weighted by Crippen LogP contribution is 2.42. The Morgan fingerprint density at radius 3 is 2.73 bits per heavy atom. The number of methoxy groups -OCH3 is 1. The minimum Gasteiger partial charge on any atom is -0.481 e. The van der Waals surface area contributed by atoms with Crippen LogP contribution < -0.4 is 4.74 Å². The van der Waals surface area contributed by atoms with Gasteiger partial charge in [0, 0.05) is 29.1 Å². The zero-order valence-corrected chi connectivity index (χ0v) is 15.3. The topological polar surface area (TPSA) is 69.1 Å². The van der Waals surface area contributed by atoms with E-state index in [2.05, 4.69) is 16.3 Å². The summed E-state index contributed by atoms with van der Waals surface area (Å²) in [6.07, 6.45) is 4.20. The number of para-hydroxylation sites is 1. The molecule has 1 aliphatic rings. The van der Waals surface area contributed by atoms with Gasteiger partial charge in [0.15, 0.2) is 0 Å². The van der Waals surface area contributed by atoms with Crippen LogP contribution in [-0.2, 0) is 11.2 Å². The van der Waals surface area contributed by atoms with Crippen LogP contribution in [0.5, 0.6) is 5.88 Å². The molecule has 26 heavy (non-hydrogen) atoms. The van der Waals surface area contributed by atoms with Gasteiger partial charge in [-0.05, 0) is 38.5 Å². The van der Waals surface area contributed by atoms with Crippen LogP contribution in [0, 0.1) is 0 Å². The number of nitrogens with one attached hydrogen (secondary N) is 1. The molecule has 3 aromatic rings. The molecule has 0 spiro atoms. The number of fused-ring (bicyclic) bond motifs is 2. The van der Waals surface area contributed by atoms with E-state index in [1.807, 2.05) is 51.2 Å². The Labute approximate surface area is 151 Å². The third kappa shape index (κ3) is 2.58. The van der Waals surface area contributed by atoms with Gasteiger partial charge in [0.2, 0.25) is 5.88 Å². The van der Waals surface area contributed by atoms with Gasteiger partial charge in [-0.25, -0.2) is 9.36 Å². The van der Waals surface area contributed by atoms with E-state index in [1.165, 1.54) is 4.57 Å². The lowest BCUT2D eigenvalue weighted by Gasteiger charge is -2.20. The molecule has 0 fully saturated rings. The summed E-state index contributed by atoms with van der Waals surface area (Å²) in [5.41, 5.74) is 4.22. The molecule has 0 atom stereocenters. The Balaban J connectivity index is 1.92. The number of benzene rings is 1. The van der Waals surface area contributed by atoms with Gasteiger partial charge in [-0.2, -0.15) is 5.10 Å². The lowest BCUT2D eigenvalue weighted by Crippen LogP contribution is -2.27. The van der Waals surface area contributed by atoms with Crippen molar-refractivity contribution < 1.29 is 14.3 Å². The van der Waals surface area contributed by atoms with Crippen LogP contribution in [0.4, 0.5) is 4.79 Å². The van der Waals surface area contributed by atoms with Crippen molar-refractivity contribution >= 4 is 28.6 Å². The maximum Gasteiger partial charge on any atom is 0.421 e. The zero-order chi connectivity index (χ0) is 18.5. The molecule has 0 aliphatic heterocycles. The second-order valence-electron chi connectivity index (χ2n) is 7.35. The SMILES string of the molecule is COc1c(C2=Cc3c[nH]nc3C2)c2ccccc2n1C(=O)OC(C)(C)C. The Bertz CT molecular complexity index is 1030. The lowest BCUT2D eigenvalue weighted by atomic mass is 10.0. The maximum absolute atomic E-state index is 12.9. The molecule has 2 aromatic heterocycles. The summed E-state index contributed by atoms with van der Waals surface area (Å²) in [6.45, 7) is 5.55. The van der Waals surface area contributed by atoms with Crippen molar-refractivity contribution in [2.45, 2.75) is 32.8 Å². The van der Waals surface area contributed by atoms with E-state index >= 15 is 0 Å². The molecule has 1 N–H and O–H groups in total. The highest BCUT2D eigenvalue weighted by atomic mass is 16.6. The second-order valence-corrected chi connectivity index (χ2v) is 7.35. The molecule has 0 radical (unpaired) electrons. The van der Waals surface area contributed by atoms with Gasteiger partial charge in [0.1, 0.15) is 5.60 Å². The largest absolute Gasteiger partial charge is 0.481 e. The van der Waals surface area contributed by atoms with Crippen molar-refractivity contribution in [1.29, 1.82) is 0 Å². The number of hydrogen-bond donors (Lipinski definition) is 1. The van der Waals surface area contributed by atoms with E-state index in [0.717, 1.165) is 33.3 Å². The molecular formula is C20H21N3O3. The molecule has 4 rings (SSSR count). The molecule has 1 aliphatic carbocycles. The Kier molecular flexibility index (Phi) is 3.64. The number of H-pyrrole nitrogens is 1. The van der Waals surface area contributed by atoms with E-state index in [-0.39, 0.29) is 0 Å².